The van der Waals surface area contributed by atoms with Gasteiger partial charge in [-0.15, -0.1) is 13.2 Å². The van der Waals surface area contributed by atoms with Crippen LogP contribution in [0.3, 0.4) is 0 Å². The van der Waals surface area contributed by atoms with E-state index >= 15 is 0 Å². The van der Waals surface area contributed by atoms with Crippen LogP contribution in [0, 0.1) is 0 Å². The van der Waals surface area contributed by atoms with Crippen molar-refractivity contribution in [2.75, 3.05) is 0 Å². The van der Waals surface area contributed by atoms with E-state index in [1.165, 1.54) is 12.1 Å². The predicted molar refractivity (Wildman–Crippen MR) is 50.8 cm³/mol. The van der Waals surface area contributed by atoms with Gasteiger partial charge in [0.15, 0.2) is 5.75 Å². The van der Waals surface area contributed by atoms with Crippen molar-refractivity contribution in [3.8, 4) is 5.75 Å². The Morgan fingerprint density at radius 3 is 2.50 bits per heavy atom. The summed E-state index contributed by atoms with van der Waals surface area (Å²) in [6.07, 6.45) is -4.72. The number of halogens is 5. The van der Waals surface area contributed by atoms with Gasteiger partial charge < -0.3 is 4.74 Å². The Hall–Kier alpha value is -0.420. The van der Waals surface area contributed by atoms with Gasteiger partial charge in [0, 0.05) is 10.9 Å². The molecule has 0 bridgehead atoms. The maximum atomic E-state index is 11.9. The molecular weight excluding hydrogens is 284 g/mol. The Labute approximate surface area is 91.9 Å². The van der Waals surface area contributed by atoms with Gasteiger partial charge in [0.25, 0.3) is 0 Å². The second-order valence-corrected chi connectivity index (χ2v) is 3.38. The molecule has 0 saturated heterocycles. The lowest BCUT2D eigenvalue weighted by Crippen LogP contribution is -2.18. The van der Waals surface area contributed by atoms with E-state index in [-0.39, 0.29) is 16.1 Å². The quantitative estimate of drug-likeness (QED) is 0.744. The van der Waals surface area contributed by atoms with Gasteiger partial charge in [0.2, 0.25) is 0 Å². The normalized spacial score (nSPS) is 11.5. The SMILES string of the molecule is FC(F)(F)Oc1c(Cl)cccc1CBr. The minimum Gasteiger partial charge on any atom is -0.404 e. The van der Waals surface area contributed by atoms with Crippen LogP contribution in [-0.4, -0.2) is 6.36 Å². The predicted octanol–water partition coefficient (Wildman–Crippen LogP) is 4.13. The molecule has 0 saturated carbocycles. The van der Waals surface area contributed by atoms with Crippen LogP contribution in [0.4, 0.5) is 13.2 Å². The van der Waals surface area contributed by atoms with Crippen LogP contribution >= 0.6 is 27.5 Å². The zero-order valence-corrected chi connectivity index (χ0v) is 9.08. The van der Waals surface area contributed by atoms with Gasteiger partial charge in [0.05, 0.1) is 5.02 Å². The van der Waals surface area contributed by atoms with E-state index in [2.05, 4.69) is 20.7 Å². The lowest BCUT2D eigenvalue weighted by Gasteiger charge is -2.13. The van der Waals surface area contributed by atoms with E-state index in [1.54, 1.807) is 6.07 Å². The first-order chi connectivity index (χ1) is 6.44. The van der Waals surface area contributed by atoms with E-state index in [4.69, 9.17) is 11.6 Å². The summed E-state index contributed by atoms with van der Waals surface area (Å²) in [5.74, 6) is -0.349. The fourth-order valence-electron chi connectivity index (χ4n) is 0.889. The lowest BCUT2D eigenvalue weighted by molar-refractivity contribution is -0.274. The summed E-state index contributed by atoms with van der Waals surface area (Å²) in [7, 11) is 0. The molecule has 1 rings (SSSR count). The molecule has 1 aromatic rings. The van der Waals surface area contributed by atoms with Crippen molar-refractivity contribution in [1.29, 1.82) is 0 Å². The number of rotatable bonds is 2. The number of alkyl halides is 4. The smallest absolute Gasteiger partial charge is 0.404 e. The molecule has 0 fully saturated rings. The van der Waals surface area contributed by atoms with E-state index < -0.39 is 6.36 Å². The number of hydrogen-bond acceptors (Lipinski definition) is 1. The van der Waals surface area contributed by atoms with Crippen LogP contribution in [0.1, 0.15) is 5.56 Å². The number of ether oxygens (including phenoxy) is 1. The van der Waals surface area contributed by atoms with Crippen LogP contribution in [0.5, 0.6) is 5.75 Å². The van der Waals surface area contributed by atoms with Crippen molar-refractivity contribution in [2.24, 2.45) is 0 Å². The molecule has 6 heteroatoms. The Morgan fingerprint density at radius 2 is 2.00 bits per heavy atom. The van der Waals surface area contributed by atoms with Crippen molar-refractivity contribution < 1.29 is 17.9 Å². The number of hydrogen-bond donors (Lipinski definition) is 0. The average molecular weight is 289 g/mol. The zero-order valence-electron chi connectivity index (χ0n) is 6.74. The molecule has 0 aliphatic heterocycles. The van der Waals surface area contributed by atoms with E-state index in [0.29, 0.717) is 5.56 Å². The second kappa shape index (κ2) is 4.40. The lowest BCUT2D eigenvalue weighted by atomic mass is 10.2. The topological polar surface area (TPSA) is 9.23 Å². The summed E-state index contributed by atoms with van der Waals surface area (Å²) in [5, 5.41) is 0.193. The molecule has 0 N–H and O–H groups in total. The molecule has 1 nitrogen and oxygen atoms in total. The van der Waals surface area contributed by atoms with Gasteiger partial charge in [-0.1, -0.05) is 39.7 Å². The highest BCUT2D eigenvalue weighted by Gasteiger charge is 2.32. The monoisotopic (exact) mass is 288 g/mol. The van der Waals surface area contributed by atoms with Crippen molar-refractivity contribution in [2.45, 2.75) is 11.7 Å². The summed E-state index contributed by atoms with van der Waals surface area (Å²) < 4.78 is 39.6. The third-order valence-corrected chi connectivity index (χ3v) is 2.31. The molecule has 14 heavy (non-hydrogen) atoms. The highest BCUT2D eigenvalue weighted by Crippen LogP contribution is 2.34. The summed E-state index contributed by atoms with van der Waals surface area (Å²) in [6.45, 7) is 0. The van der Waals surface area contributed by atoms with Crippen LogP contribution < -0.4 is 4.74 Å². The number of benzene rings is 1. The Bertz CT molecular complexity index is 327. The standard InChI is InChI=1S/C8H5BrClF3O/c9-4-5-2-1-3-6(10)7(5)14-8(11,12)13/h1-3H,4H2. The fourth-order valence-corrected chi connectivity index (χ4v) is 1.56. The summed E-state index contributed by atoms with van der Waals surface area (Å²) in [6, 6.07) is 4.40. The van der Waals surface area contributed by atoms with Crippen LogP contribution in [-0.2, 0) is 5.33 Å². The van der Waals surface area contributed by atoms with E-state index in [9.17, 15) is 13.2 Å². The second-order valence-electron chi connectivity index (χ2n) is 2.41. The molecule has 0 aliphatic carbocycles. The summed E-state index contributed by atoms with van der Waals surface area (Å²) in [5.41, 5.74) is 0.356. The molecule has 0 amide bonds. The molecule has 0 radical (unpaired) electrons. The van der Waals surface area contributed by atoms with Crippen LogP contribution in [0.25, 0.3) is 0 Å². The zero-order chi connectivity index (χ0) is 10.8. The van der Waals surface area contributed by atoms with Gasteiger partial charge in [-0.05, 0) is 6.07 Å². The Kier molecular flexibility index (Phi) is 3.66. The van der Waals surface area contributed by atoms with Crippen LogP contribution in [0.15, 0.2) is 18.2 Å². The minimum atomic E-state index is -4.72. The van der Waals surface area contributed by atoms with E-state index in [0.717, 1.165) is 0 Å². The first-order valence-electron chi connectivity index (χ1n) is 3.53. The Morgan fingerprint density at radius 1 is 1.36 bits per heavy atom. The molecule has 0 atom stereocenters. The summed E-state index contributed by atoms with van der Waals surface area (Å²) in [4.78, 5) is 0. The van der Waals surface area contributed by atoms with Crippen LogP contribution in [0.2, 0.25) is 5.02 Å². The average Bonchev–Trinajstić information content (AvgIpc) is 2.06. The van der Waals surface area contributed by atoms with Gasteiger partial charge in [-0.3, -0.25) is 0 Å². The summed E-state index contributed by atoms with van der Waals surface area (Å²) >= 11 is 8.61. The molecule has 0 heterocycles. The maximum absolute atomic E-state index is 11.9. The van der Waals surface area contributed by atoms with E-state index in [1.807, 2.05) is 0 Å². The van der Waals surface area contributed by atoms with Gasteiger partial charge in [-0.25, -0.2) is 0 Å². The minimum absolute atomic E-state index is 0.0562. The largest absolute Gasteiger partial charge is 0.573 e. The maximum Gasteiger partial charge on any atom is 0.573 e. The number of para-hydroxylation sites is 1. The Balaban J connectivity index is 3.05. The van der Waals surface area contributed by atoms with Gasteiger partial charge in [-0.2, -0.15) is 0 Å². The van der Waals surface area contributed by atoms with Crippen molar-refractivity contribution >= 4 is 27.5 Å². The molecule has 0 unspecified atom stereocenters. The first-order valence-corrected chi connectivity index (χ1v) is 5.03. The molecule has 0 spiro atoms. The van der Waals surface area contributed by atoms with Crippen molar-refractivity contribution in [3.05, 3.63) is 28.8 Å². The van der Waals surface area contributed by atoms with Crippen molar-refractivity contribution in [1.82, 2.24) is 0 Å². The third-order valence-electron chi connectivity index (χ3n) is 1.41. The van der Waals surface area contributed by atoms with Gasteiger partial charge in [0.1, 0.15) is 0 Å². The molecule has 0 aromatic heterocycles. The van der Waals surface area contributed by atoms with Gasteiger partial charge >= 0.3 is 6.36 Å². The molecular formula is C8H5BrClF3O. The molecule has 0 aliphatic rings. The van der Waals surface area contributed by atoms with Crippen molar-refractivity contribution in [3.63, 3.8) is 0 Å². The molecule has 1 aromatic carbocycles. The highest BCUT2D eigenvalue weighted by molar-refractivity contribution is 9.08. The first kappa shape index (κ1) is 11.7. The fraction of sp³-hybridized carbons (Fsp3) is 0.250. The molecule has 78 valence electrons. The third kappa shape index (κ3) is 3.06. The highest BCUT2D eigenvalue weighted by atomic mass is 79.9.